The maximum absolute atomic E-state index is 5.51. The Bertz CT molecular complexity index is 260. The fourth-order valence-corrected chi connectivity index (χ4v) is 1.36. The molecule has 0 aliphatic rings. The van der Waals surface area contributed by atoms with Crippen molar-refractivity contribution in [3.63, 3.8) is 0 Å². The van der Waals surface area contributed by atoms with Crippen molar-refractivity contribution in [3.8, 4) is 5.75 Å². The first kappa shape index (κ1) is 10.1. The third kappa shape index (κ3) is 2.74. The first-order chi connectivity index (χ1) is 6.27. The molecule has 0 spiro atoms. The molecular formula is C11H17NO. The summed E-state index contributed by atoms with van der Waals surface area (Å²) in [7, 11) is 1.69. The van der Waals surface area contributed by atoms with Crippen LogP contribution in [0.4, 0.5) is 0 Å². The van der Waals surface area contributed by atoms with E-state index in [0.29, 0.717) is 5.92 Å². The molecule has 1 aromatic rings. The van der Waals surface area contributed by atoms with Crippen molar-refractivity contribution >= 4 is 0 Å². The van der Waals surface area contributed by atoms with Gasteiger partial charge in [0.2, 0.25) is 0 Å². The molecule has 0 fully saturated rings. The Morgan fingerprint density at radius 3 is 2.85 bits per heavy atom. The lowest BCUT2D eigenvalue weighted by Crippen LogP contribution is -2.04. The van der Waals surface area contributed by atoms with Gasteiger partial charge in [0.25, 0.3) is 0 Å². The third-order valence-electron chi connectivity index (χ3n) is 2.26. The number of rotatable bonds is 4. The summed E-state index contributed by atoms with van der Waals surface area (Å²) in [5.74, 6) is 1.43. The van der Waals surface area contributed by atoms with E-state index in [1.807, 2.05) is 12.1 Å². The number of hydrogen-bond donors (Lipinski definition) is 1. The van der Waals surface area contributed by atoms with Gasteiger partial charge in [-0.1, -0.05) is 19.1 Å². The van der Waals surface area contributed by atoms with Crippen LogP contribution in [0.5, 0.6) is 5.75 Å². The number of methoxy groups -OCH3 is 1. The zero-order chi connectivity index (χ0) is 9.68. The smallest absolute Gasteiger partial charge is 0.119 e. The molecule has 0 aromatic heterocycles. The van der Waals surface area contributed by atoms with Gasteiger partial charge in [-0.15, -0.1) is 0 Å². The minimum absolute atomic E-state index is 0.514. The molecule has 0 amide bonds. The Kier molecular flexibility index (Phi) is 3.77. The summed E-state index contributed by atoms with van der Waals surface area (Å²) in [6.07, 6.45) is 1.02. The Balaban J connectivity index is 2.75. The van der Waals surface area contributed by atoms with Gasteiger partial charge in [-0.05, 0) is 36.6 Å². The molecule has 2 heteroatoms. The van der Waals surface area contributed by atoms with Crippen LogP contribution in [0.3, 0.4) is 0 Å². The lowest BCUT2D eigenvalue weighted by Gasteiger charge is -2.11. The molecule has 13 heavy (non-hydrogen) atoms. The van der Waals surface area contributed by atoms with Crippen LogP contribution < -0.4 is 10.5 Å². The van der Waals surface area contributed by atoms with Crippen molar-refractivity contribution < 1.29 is 4.74 Å². The SMILES string of the molecule is COc1cccc(C(C)CCN)c1. The predicted molar refractivity (Wildman–Crippen MR) is 55.1 cm³/mol. The standard InChI is InChI=1S/C11H17NO/c1-9(6-7-12)10-4-3-5-11(8-10)13-2/h3-5,8-9H,6-7,12H2,1-2H3. The topological polar surface area (TPSA) is 35.2 Å². The Morgan fingerprint density at radius 2 is 2.23 bits per heavy atom. The molecule has 1 rings (SSSR count). The molecule has 0 bridgehead atoms. The van der Waals surface area contributed by atoms with Crippen molar-refractivity contribution in [2.45, 2.75) is 19.3 Å². The highest BCUT2D eigenvalue weighted by molar-refractivity contribution is 5.30. The van der Waals surface area contributed by atoms with E-state index in [9.17, 15) is 0 Å². The molecule has 0 saturated heterocycles. The Labute approximate surface area is 79.7 Å². The molecule has 0 aliphatic carbocycles. The van der Waals surface area contributed by atoms with Gasteiger partial charge in [-0.3, -0.25) is 0 Å². The monoisotopic (exact) mass is 179 g/mol. The minimum Gasteiger partial charge on any atom is -0.497 e. The zero-order valence-electron chi connectivity index (χ0n) is 8.29. The molecule has 1 atom stereocenters. The largest absolute Gasteiger partial charge is 0.497 e. The third-order valence-corrected chi connectivity index (χ3v) is 2.26. The highest BCUT2D eigenvalue weighted by Gasteiger charge is 2.04. The first-order valence-corrected chi connectivity index (χ1v) is 4.62. The van der Waals surface area contributed by atoms with Crippen LogP contribution in [0.2, 0.25) is 0 Å². The van der Waals surface area contributed by atoms with Gasteiger partial charge in [0, 0.05) is 0 Å². The van der Waals surface area contributed by atoms with E-state index in [2.05, 4.69) is 19.1 Å². The normalized spacial score (nSPS) is 12.5. The van der Waals surface area contributed by atoms with Gasteiger partial charge >= 0.3 is 0 Å². The fraction of sp³-hybridized carbons (Fsp3) is 0.455. The van der Waals surface area contributed by atoms with Crippen molar-refractivity contribution in [1.82, 2.24) is 0 Å². The lowest BCUT2D eigenvalue weighted by molar-refractivity contribution is 0.414. The van der Waals surface area contributed by atoms with Crippen molar-refractivity contribution in [2.75, 3.05) is 13.7 Å². The van der Waals surface area contributed by atoms with Gasteiger partial charge < -0.3 is 10.5 Å². The van der Waals surface area contributed by atoms with Gasteiger partial charge in [-0.2, -0.15) is 0 Å². The summed E-state index contributed by atoms with van der Waals surface area (Å²) in [5.41, 5.74) is 6.80. The summed E-state index contributed by atoms with van der Waals surface area (Å²) < 4.78 is 5.15. The van der Waals surface area contributed by atoms with Gasteiger partial charge in [0.05, 0.1) is 7.11 Å². The molecular weight excluding hydrogens is 162 g/mol. The highest BCUT2D eigenvalue weighted by Crippen LogP contribution is 2.22. The van der Waals surface area contributed by atoms with Crippen molar-refractivity contribution in [1.29, 1.82) is 0 Å². The number of benzene rings is 1. The summed E-state index contributed by atoms with van der Waals surface area (Å²) in [6, 6.07) is 8.16. The van der Waals surface area contributed by atoms with E-state index in [1.165, 1.54) is 5.56 Å². The van der Waals surface area contributed by atoms with Gasteiger partial charge in [-0.25, -0.2) is 0 Å². The predicted octanol–water partition coefficient (Wildman–Crippen LogP) is 2.15. The van der Waals surface area contributed by atoms with Crippen molar-refractivity contribution in [3.05, 3.63) is 29.8 Å². The van der Waals surface area contributed by atoms with Gasteiger partial charge in [0.15, 0.2) is 0 Å². The minimum atomic E-state index is 0.514. The number of ether oxygens (including phenoxy) is 1. The zero-order valence-corrected chi connectivity index (χ0v) is 8.29. The quantitative estimate of drug-likeness (QED) is 0.768. The van der Waals surface area contributed by atoms with Gasteiger partial charge in [0.1, 0.15) is 5.75 Å². The fourth-order valence-electron chi connectivity index (χ4n) is 1.36. The number of nitrogens with two attached hydrogens (primary N) is 1. The second-order valence-corrected chi connectivity index (χ2v) is 3.26. The van der Waals surface area contributed by atoms with Crippen LogP contribution in [0.15, 0.2) is 24.3 Å². The van der Waals surface area contributed by atoms with E-state index < -0.39 is 0 Å². The average Bonchev–Trinajstić information content (AvgIpc) is 2.18. The number of hydrogen-bond acceptors (Lipinski definition) is 2. The van der Waals surface area contributed by atoms with Crippen LogP contribution in [0.1, 0.15) is 24.8 Å². The molecule has 0 radical (unpaired) electrons. The molecule has 72 valence electrons. The Morgan fingerprint density at radius 1 is 1.46 bits per heavy atom. The molecule has 2 nitrogen and oxygen atoms in total. The lowest BCUT2D eigenvalue weighted by atomic mass is 9.98. The van der Waals surface area contributed by atoms with Crippen LogP contribution >= 0.6 is 0 Å². The second kappa shape index (κ2) is 4.87. The van der Waals surface area contributed by atoms with Crippen molar-refractivity contribution in [2.24, 2.45) is 5.73 Å². The van der Waals surface area contributed by atoms with E-state index in [4.69, 9.17) is 10.5 Å². The molecule has 1 unspecified atom stereocenters. The second-order valence-electron chi connectivity index (χ2n) is 3.26. The van der Waals surface area contributed by atoms with E-state index in [0.717, 1.165) is 18.7 Å². The highest BCUT2D eigenvalue weighted by atomic mass is 16.5. The van der Waals surface area contributed by atoms with Crippen LogP contribution in [-0.2, 0) is 0 Å². The van der Waals surface area contributed by atoms with Crippen LogP contribution in [0, 0.1) is 0 Å². The summed E-state index contributed by atoms with van der Waals surface area (Å²) in [6.45, 7) is 2.92. The van der Waals surface area contributed by atoms with E-state index >= 15 is 0 Å². The first-order valence-electron chi connectivity index (χ1n) is 4.62. The van der Waals surface area contributed by atoms with Crippen LogP contribution in [0.25, 0.3) is 0 Å². The molecule has 0 heterocycles. The average molecular weight is 179 g/mol. The maximum atomic E-state index is 5.51. The molecule has 2 N–H and O–H groups in total. The molecule has 0 aliphatic heterocycles. The molecule has 0 saturated carbocycles. The Hall–Kier alpha value is -1.02. The van der Waals surface area contributed by atoms with E-state index in [-0.39, 0.29) is 0 Å². The van der Waals surface area contributed by atoms with E-state index in [1.54, 1.807) is 7.11 Å². The summed E-state index contributed by atoms with van der Waals surface area (Å²) in [5, 5.41) is 0. The molecule has 1 aromatic carbocycles. The van der Waals surface area contributed by atoms with Crippen LogP contribution in [-0.4, -0.2) is 13.7 Å². The summed E-state index contributed by atoms with van der Waals surface area (Å²) >= 11 is 0. The maximum Gasteiger partial charge on any atom is 0.119 e. The summed E-state index contributed by atoms with van der Waals surface area (Å²) in [4.78, 5) is 0.